The van der Waals surface area contributed by atoms with Gasteiger partial charge in [-0.25, -0.2) is 4.79 Å². The molecular weight excluding hydrogens is 268 g/mol. The van der Waals surface area contributed by atoms with Gasteiger partial charge in [-0.1, -0.05) is 11.6 Å². The summed E-state index contributed by atoms with van der Waals surface area (Å²) in [5.41, 5.74) is 0.262. The summed E-state index contributed by atoms with van der Waals surface area (Å²) >= 11 is 5.77. The van der Waals surface area contributed by atoms with E-state index in [-0.39, 0.29) is 22.6 Å². The van der Waals surface area contributed by atoms with Crippen molar-refractivity contribution in [1.29, 1.82) is 5.26 Å². The van der Waals surface area contributed by atoms with Gasteiger partial charge in [-0.15, -0.1) is 0 Å². The maximum atomic E-state index is 10.8. The van der Waals surface area contributed by atoms with Crippen LogP contribution in [0.4, 0.5) is 0 Å². The van der Waals surface area contributed by atoms with Gasteiger partial charge in [-0.2, -0.15) is 5.26 Å². The van der Waals surface area contributed by atoms with Crippen molar-refractivity contribution in [3.05, 3.63) is 52.8 Å². The summed E-state index contributed by atoms with van der Waals surface area (Å²) in [7, 11) is 0. The fraction of sp³-hybridized carbons (Fsp3) is 0. The van der Waals surface area contributed by atoms with Gasteiger partial charge >= 0.3 is 5.97 Å². The van der Waals surface area contributed by atoms with E-state index in [0.29, 0.717) is 5.02 Å². The first-order valence-corrected chi connectivity index (χ1v) is 5.54. The largest absolute Gasteiger partial charge is 0.478 e. The third kappa shape index (κ3) is 3.00. The number of hydrogen-bond acceptors (Lipinski definition) is 4. The van der Waals surface area contributed by atoms with Crippen LogP contribution in [0.1, 0.15) is 15.9 Å². The molecule has 2 rings (SSSR count). The summed E-state index contributed by atoms with van der Waals surface area (Å²) < 4.78 is 5.44. The fourth-order valence-corrected chi connectivity index (χ4v) is 1.57. The lowest BCUT2D eigenvalue weighted by atomic mass is 10.2. The summed E-state index contributed by atoms with van der Waals surface area (Å²) in [4.78, 5) is 14.6. The minimum atomic E-state index is -1.10. The van der Waals surface area contributed by atoms with E-state index in [4.69, 9.17) is 26.7 Å². The highest BCUT2D eigenvalue weighted by Crippen LogP contribution is 2.27. The number of carbonyl (C=O) groups is 1. The molecule has 6 heteroatoms. The van der Waals surface area contributed by atoms with Crippen LogP contribution >= 0.6 is 11.6 Å². The number of carboxylic acid groups (broad SMARTS) is 1. The van der Waals surface area contributed by atoms with Crippen molar-refractivity contribution in [3.8, 4) is 17.6 Å². The monoisotopic (exact) mass is 274 g/mol. The first kappa shape index (κ1) is 12.9. The summed E-state index contributed by atoms with van der Waals surface area (Å²) in [5, 5.41) is 18.2. The highest BCUT2D eigenvalue weighted by Gasteiger charge is 2.08. The van der Waals surface area contributed by atoms with E-state index >= 15 is 0 Å². The molecule has 0 amide bonds. The van der Waals surface area contributed by atoms with Crippen LogP contribution in [0.25, 0.3) is 0 Å². The van der Waals surface area contributed by atoms with E-state index in [1.54, 1.807) is 6.07 Å². The molecule has 0 fully saturated rings. The van der Waals surface area contributed by atoms with Gasteiger partial charge in [0.15, 0.2) is 0 Å². The van der Waals surface area contributed by atoms with E-state index in [9.17, 15) is 4.79 Å². The van der Waals surface area contributed by atoms with E-state index in [1.807, 2.05) is 6.07 Å². The lowest BCUT2D eigenvalue weighted by molar-refractivity contribution is 0.0696. The molecule has 0 saturated carbocycles. The number of aromatic carboxylic acids is 1. The van der Waals surface area contributed by atoms with Gasteiger partial charge in [0.25, 0.3) is 0 Å². The topological polar surface area (TPSA) is 83.2 Å². The average Bonchev–Trinajstić information content (AvgIpc) is 2.41. The van der Waals surface area contributed by atoms with Crippen molar-refractivity contribution in [1.82, 2.24) is 4.98 Å². The highest BCUT2D eigenvalue weighted by atomic mass is 35.5. The van der Waals surface area contributed by atoms with Crippen LogP contribution in [0.5, 0.6) is 11.5 Å². The Morgan fingerprint density at radius 2 is 2.16 bits per heavy atom. The molecule has 0 saturated heterocycles. The molecule has 1 aromatic heterocycles. The molecule has 0 spiro atoms. The lowest BCUT2D eigenvalue weighted by Gasteiger charge is -2.07. The van der Waals surface area contributed by atoms with Crippen LogP contribution in [0.15, 0.2) is 36.7 Å². The Morgan fingerprint density at radius 1 is 1.37 bits per heavy atom. The van der Waals surface area contributed by atoms with Crippen LogP contribution in [0, 0.1) is 11.3 Å². The predicted molar refractivity (Wildman–Crippen MR) is 67.4 cm³/mol. The normalized spacial score (nSPS) is 9.68. The van der Waals surface area contributed by atoms with Crippen molar-refractivity contribution >= 4 is 17.6 Å². The van der Waals surface area contributed by atoms with Gasteiger partial charge in [0.1, 0.15) is 17.6 Å². The summed E-state index contributed by atoms with van der Waals surface area (Å²) in [5.74, 6) is -0.579. The summed E-state index contributed by atoms with van der Waals surface area (Å²) in [6.07, 6.45) is 2.57. The number of rotatable bonds is 3. The quantitative estimate of drug-likeness (QED) is 0.930. The van der Waals surface area contributed by atoms with Gasteiger partial charge < -0.3 is 9.84 Å². The lowest BCUT2D eigenvalue weighted by Crippen LogP contribution is -1.98. The molecule has 1 aromatic carbocycles. The zero-order valence-corrected chi connectivity index (χ0v) is 10.3. The molecule has 0 aliphatic carbocycles. The molecule has 94 valence electrons. The minimum absolute atomic E-state index is 0.00460. The van der Waals surface area contributed by atoms with Crippen LogP contribution in [0.2, 0.25) is 5.02 Å². The Labute approximate surface area is 113 Å². The van der Waals surface area contributed by atoms with Gasteiger partial charge in [-0.3, -0.25) is 4.98 Å². The second-order valence-electron chi connectivity index (χ2n) is 3.57. The second-order valence-corrected chi connectivity index (χ2v) is 4.01. The molecule has 1 N–H and O–H groups in total. The number of ether oxygens (including phenoxy) is 1. The Bertz CT molecular complexity index is 680. The highest BCUT2D eigenvalue weighted by molar-refractivity contribution is 6.30. The van der Waals surface area contributed by atoms with Gasteiger partial charge in [0.2, 0.25) is 0 Å². The van der Waals surface area contributed by atoms with E-state index in [1.165, 1.54) is 30.6 Å². The molecule has 1 heterocycles. The number of benzene rings is 1. The van der Waals surface area contributed by atoms with Gasteiger partial charge in [-0.05, 0) is 24.3 Å². The van der Waals surface area contributed by atoms with E-state index < -0.39 is 5.97 Å². The third-order valence-corrected chi connectivity index (χ3v) is 2.49. The smallest absolute Gasteiger partial charge is 0.337 e. The summed E-state index contributed by atoms with van der Waals surface area (Å²) in [6.45, 7) is 0. The molecule has 0 aliphatic heterocycles. The molecule has 19 heavy (non-hydrogen) atoms. The number of pyridine rings is 1. The Balaban J connectivity index is 2.34. The SMILES string of the molecule is N#Cc1cc(Cl)ccc1Oc1cncc(C(=O)O)c1. The van der Waals surface area contributed by atoms with Gasteiger partial charge in [0, 0.05) is 11.2 Å². The molecule has 0 radical (unpaired) electrons. The number of aromatic nitrogens is 1. The third-order valence-electron chi connectivity index (χ3n) is 2.25. The first-order valence-electron chi connectivity index (χ1n) is 5.16. The van der Waals surface area contributed by atoms with Crippen LogP contribution in [-0.4, -0.2) is 16.1 Å². The first-order chi connectivity index (χ1) is 9.10. The second kappa shape index (κ2) is 5.38. The van der Waals surface area contributed by atoms with E-state index in [0.717, 1.165) is 0 Å². The van der Waals surface area contributed by atoms with Crippen molar-refractivity contribution < 1.29 is 14.6 Å². The molecule has 0 atom stereocenters. The van der Waals surface area contributed by atoms with Crippen LogP contribution < -0.4 is 4.74 Å². The van der Waals surface area contributed by atoms with Crippen molar-refractivity contribution in [3.63, 3.8) is 0 Å². The van der Waals surface area contributed by atoms with E-state index in [2.05, 4.69) is 4.98 Å². The number of nitrogens with zero attached hydrogens (tertiary/aromatic N) is 2. The number of halogens is 1. The molecular formula is C13H7ClN2O3. The van der Waals surface area contributed by atoms with Crippen molar-refractivity contribution in [2.75, 3.05) is 0 Å². The minimum Gasteiger partial charge on any atom is -0.478 e. The molecule has 2 aromatic rings. The zero-order chi connectivity index (χ0) is 13.8. The Hall–Kier alpha value is -2.58. The van der Waals surface area contributed by atoms with Gasteiger partial charge in [0.05, 0.1) is 17.3 Å². The van der Waals surface area contributed by atoms with Crippen LogP contribution in [0.3, 0.4) is 0 Å². The van der Waals surface area contributed by atoms with Crippen molar-refractivity contribution in [2.24, 2.45) is 0 Å². The number of carboxylic acids is 1. The number of nitriles is 1. The maximum absolute atomic E-state index is 10.8. The average molecular weight is 275 g/mol. The summed E-state index contributed by atoms with van der Waals surface area (Å²) in [6, 6.07) is 7.85. The zero-order valence-electron chi connectivity index (χ0n) is 9.50. The maximum Gasteiger partial charge on any atom is 0.337 e. The molecule has 0 aliphatic rings. The predicted octanol–water partition coefficient (Wildman–Crippen LogP) is 3.10. The Kier molecular flexibility index (Phi) is 3.64. The van der Waals surface area contributed by atoms with Crippen LogP contribution in [-0.2, 0) is 0 Å². The Morgan fingerprint density at radius 3 is 2.84 bits per heavy atom. The van der Waals surface area contributed by atoms with Crippen molar-refractivity contribution in [2.45, 2.75) is 0 Å². The fourth-order valence-electron chi connectivity index (χ4n) is 1.40. The molecule has 0 bridgehead atoms. The number of hydrogen-bond donors (Lipinski definition) is 1. The molecule has 0 unspecified atom stereocenters. The molecule has 5 nitrogen and oxygen atoms in total. The standard InChI is InChI=1S/C13H7ClN2O3/c14-10-1-2-12(8(3-10)5-15)19-11-4-9(13(17)18)6-16-7-11/h1-4,6-7H,(H,17,18).